The molecule has 0 spiro atoms. The molecular formula is C26H26ClN5O2S. The molecule has 0 radical (unpaired) electrons. The summed E-state index contributed by atoms with van der Waals surface area (Å²) >= 11 is 5.96. The van der Waals surface area contributed by atoms with E-state index in [0.717, 1.165) is 35.0 Å². The van der Waals surface area contributed by atoms with Gasteiger partial charge in [0.1, 0.15) is 17.2 Å². The third-order valence-corrected chi connectivity index (χ3v) is 8.10. The van der Waals surface area contributed by atoms with Crippen LogP contribution in [-0.2, 0) is 17.7 Å². The molecule has 0 saturated carbocycles. The van der Waals surface area contributed by atoms with Gasteiger partial charge in [-0.2, -0.15) is 4.98 Å². The van der Waals surface area contributed by atoms with Gasteiger partial charge in [-0.25, -0.2) is 4.98 Å². The fraction of sp³-hybridized carbons (Fsp3) is 0.308. The van der Waals surface area contributed by atoms with Crippen molar-refractivity contribution in [3.8, 4) is 22.4 Å². The number of nitrogens with zero attached hydrogens (tertiary/aromatic N) is 4. The van der Waals surface area contributed by atoms with E-state index in [1.54, 1.807) is 17.0 Å². The lowest BCUT2D eigenvalue weighted by Gasteiger charge is -2.25. The number of pyridine rings is 2. The van der Waals surface area contributed by atoms with Gasteiger partial charge in [0.05, 0.1) is 5.69 Å². The molecule has 0 aliphatic carbocycles. The number of hydrogen-bond donors (Lipinski definition) is 1. The number of aryl methyl sites for hydroxylation is 2. The van der Waals surface area contributed by atoms with E-state index in [2.05, 4.69) is 20.3 Å². The zero-order valence-corrected chi connectivity index (χ0v) is 21.2. The minimum Gasteiger partial charge on any atom is -0.616 e. The summed E-state index contributed by atoms with van der Waals surface area (Å²) in [7, 11) is 0. The minimum atomic E-state index is -0.727. The lowest BCUT2D eigenvalue weighted by Crippen LogP contribution is -2.32. The number of hydrogen-bond acceptors (Lipinski definition) is 6. The van der Waals surface area contributed by atoms with Gasteiger partial charge in [-0.15, -0.1) is 0 Å². The number of aromatic nitrogens is 4. The highest BCUT2D eigenvalue weighted by Gasteiger charge is 2.23. The number of fused-ring (bicyclic) bond motifs is 1. The molecule has 4 aromatic rings. The Morgan fingerprint density at radius 1 is 1.17 bits per heavy atom. The van der Waals surface area contributed by atoms with Crippen LogP contribution in [0.5, 0.6) is 0 Å². The second-order valence-electron chi connectivity index (χ2n) is 8.71. The first kappa shape index (κ1) is 23.8. The first-order valence-corrected chi connectivity index (χ1v) is 13.5. The summed E-state index contributed by atoms with van der Waals surface area (Å²) in [5.41, 5.74) is 4.42. The highest BCUT2D eigenvalue weighted by Crippen LogP contribution is 2.32. The summed E-state index contributed by atoms with van der Waals surface area (Å²) in [5.74, 6) is 1.86. The smallest absolute Gasteiger partial charge is 0.260 e. The third kappa shape index (κ3) is 4.78. The van der Waals surface area contributed by atoms with Crippen LogP contribution >= 0.6 is 11.6 Å². The van der Waals surface area contributed by atoms with Gasteiger partial charge in [0.25, 0.3) is 5.56 Å². The zero-order valence-electron chi connectivity index (χ0n) is 19.6. The van der Waals surface area contributed by atoms with Gasteiger partial charge in [0, 0.05) is 64.9 Å². The Bertz CT molecular complexity index is 1450. The van der Waals surface area contributed by atoms with Gasteiger partial charge in [-0.1, -0.05) is 41.0 Å². The SMILES string of the molecule is CCn1c(=O)c(-c2ccc(-c3ncccc3C)cc2Cl)cc2cnc(NC3CC[S+]([O-])CC3)nc21. The van der Waals surface area contributed by atoms with Crippen molar-refractivity contribution in [3.63, 3.8) is 0 Å². The average molecular weight is 508 g/mol. The second-order valence-corrected chi connectivity index (χ2v) is 10.8. The Morgan fingerprint density at radius 3 is 2.69 bits per heavy atom. The maximum Gasteiger partial charge on any atom is 0.260 e. The quantitative estimate of drug-likeness (QED) is 0.389. The van der Waals surface area contributed by atoms with E-state index in [1.165, 1.54) is 0 Å². The minimum absolute atomic E-state index is 0.152. The maximum atomic E-state index is 13.5. The van der Waals surface area contributed by atoms with Crippen LogP contribution in [0.15, 0.2) is 53.6 Å². The van der Waals surface area contributed by atoms with Crippen molar-refractivity contribution < 1.29 is 4.55 Å². The number of benzene rings is 1. The molecule has 9 heteroatoms. The molecule has 1 aliphatic rings. The van der Waals surface area contributed by atoms with Crippen LogP contribution in [0.2, 0.25) is 5.02 Å². The van der Waals surface area contributed by atoms with E-state index < -0.39 is 11.2 Å². The van der Waals surface area contributed by atoms with E-state index in [-0.39, 0.29) is 11.6 Å². The van der Waals surface area contributed by atoms with Crippen LogP contribution in [0.25, 0.3) is 33.4 Å². The predicted octanol–water partition coefficient (Wildman–Crippen LogP) is 4.83. The molecular weight excluding hydrogens is 482 g/mol. The molecule has 0 atom stereocenters. The van der Waals surface area contributed by atoms with E-state index in [4.69, 9.17) is 11.6 Å². The molecule has 1 saturated heterocycles. The van der Waals surface area contributed by atoms with Crippen LogP contribution in [0, 0.1) is 6.92 Å². The largest absolute Gasteiger partial charge is 0.616 e. The van der Waals surface area contributed by atoms with Crippen molar-refractivity contribution in [2.75, 3.05) is 16.8 Å². The fourth-order valence-corrected chi connectivity index (χ4v) is 6.09. The molecule has 0 amide bonds. The molecule has 1 fully saturated rings. The van der Waals surface area contributed by atoms with Gasteiger partial charge >= 0.3 is 0 Å². The second kappa shape index (κ2) is 9.97. The van der Waals surface area contributed by atoms with Crippen molar-refractivity contribution >= 4 is 39.8 Å². The third-order valence-electron chi connectivity index (χ3n) is 6.41. The molecule has 0 unspecified atom stereocenters. The number of halogens is 1. The summed E-state index contributed by atoms with van der Waals surface area (Å²) < 4.78 is 13.3. The maximum absolute atomic E-state index is 13.5. The molecule has 1 aliphatic heterocycles. The van der Waals surface area contributed by atoms with E-state index in [0.29, 0.717) is 45.8 Å². The molecule has 180 valence electrons. The summed E-state index contributed by atoms with van der Waals surface area (Å²) in [5, 5.41) is 4.60. The molecule has 4 heterocycles. The molecule has 35 heavy (non-hydrogen) atoms. The summed E-state index contributed by atoms with van der Waals surface area (Å²) in [6, 6.07) is 11.6. The van der Waals surface area contributed by atoms with Crippen molar-refractivity contribution in [1.29, 1.82) is 0 Å². The Hall–Kier alpha value is -2.94. The molecule has 7 nitrogen and oxygen atoms in total. The predicted molar refractivity (Wildman–Crippen MR) is 142 cm³/mol. The van der Waals surface area contributed by atoms with Gasteiger partial charge in [0.2, 0.25) is 5.95 Å². The van der Waals surface area contributed by atoms with Crippen molar-refractivity contribution in [1.82, 2.24) is 19.5 Å². The van der Waals surface area contributed by atoms with Gasteiger partial charge in [0.15, 0.2) is 0 Å². The first-order chi connectivity index (χ1) is 16.9. The number of anilines is 1. The zero-order chi connectivity index (χ0) is 24.5. The van der Waals surface area contributed by atoms with Gasteiger partial charge in [-0.05, 0) is 37.6 Å². The van der Waals surface area contributed by atoms with Crippen LogP contribution in [-0.4, -0.2) is 41.6 Å². The van der Waals surface area contributed by atoms with Crippen molar-refractivity contribution in [2.45, 2.75) is 39.3 Å². The lowest BCUT2D eigenvalue weighted by atomic mass is 10.0. The topological polar surface area (TPSA) is 95.8 Å². The molecule has 3 aromatic heterocycles. The van der Waals surface area contributed by atoms with Crippen LogP contribution in [0.4, 0.5) is 5.95 Å². The molecule has 1 N–H and O–H groups in total. The Morgan fingerprint density at radius 2 is 1.97 bits per heavy atom. The molecule has 5 rings (SSSR count). The Balaban J connectivity index is 1.52. The first-order valence-electron chi connectivity index (χ1n) is 11.7. The lowest BCUT2D eigenvalue weighted by molar-refractivity contribution is 0.557. The Labute approximate surface area is 211 Å². The summed E-state index contributed by atoms with van der Waals surface area (Å²) in [6.07, 6.45) is 5.13. The van der Waals surface area contributed by atoms with Crippen LogP contribution in [0.1, 0.15) is 25.3 Å². The monoisotopic (exact) mass is 507 g/mol. The van der Waals surface area contributed by atoms with Gasteiger partial charge in [-0.3, -0.25) is 14.3 Å². The normalized spacial score (nSPS) is 18.1. The van der Waals surface area contributed by atoms with Crippen molar-refractivity contribution in [2.24, 2.45) is 0 Å². The van der Waals surface area contributed by atoms with E-state index in [1.807, 2.05) is 50.2 Å². The molecule has 0 bridgehead atoms. The standard InChI is InChI=1S/C26H26ClN5O2S/c1-3-32-24-18(15-29-26(31-24)30-19-8-11-35(34)12-9-19)13-21(25(32)33)20-7-6-17(14-22(20)27)23-16(2)5-4-10-28-23/h4-7,10,13-15,19H,3,8-9,11-12H2,1-2H3,(H,29,30,31). The highest BCUT2D eigenvalue weighted by atomic mass is 35.5. The highest BCUT2D eigenvalue weighted by molar-refractivity contribution is 7.91. The number of nitrogens with one attached hydrogen (secondary N) is 1. The average Bonchev–Trinajstić information content (AvgIpc) is 2.86. The van der Waals surface area contributed by atoms with Crippen molar-refractivity contribution in [3.05, 3.63) is 69.7 Å². The van der Waals surface area contributed by atoms with E-state index in [9.17, 15) is 9.35 Å². The Kier molecular flexibility index (Phi) is 6.77. The van der Waals surface area contributed by atoms with Crippen LogP contribution < -0.4 is 10.9 Å². The summed E-state index contributed by atoms with van der Waals surface area (Å²) in [6.45, 7) is 4.39. The number of rotatable bonds is 5. The molecule has 1 aromatic carbocycles. The van der Waals surface area contributed by atoms with Crippen LogP contribution in [0.3, 0.4) is 0 Å². The summed E-state index contributed by atoms with van der Waals surface area (Å²) in [4.78, 5) is 27.1. The van der Waals surface area contributed by atoms with E-state index >= 15 is 0 Å². The fourth-order valence-electron chi connectivity index (χ4n) is 4.50. The van der Waals surface area contributed by atoms with Gasteiger partial charge < -0.3 is 9.87 Å².